The van der Waals surface area contributed by atoms with E-state index in [1.54, 1.807) is 11.8 Å². The van der Waals surface area contributed by atoms with Crippen LogP contribution in [-0.2, 0) is 0 Å². The van der Waals surface area contributed by atoms with E-state index in [0.717, 1.165) is 18.2 Å². The van der Waals surface area contributed by atoms with Crippen LogP contribution in [0.15, 0.2) is 0 Å². The molecule has 0 aliphatic carbocycles. The van der Waals surface area contributed by atoms with E-state index in [1.165, 1.54) is 12.8 Å². The zero-order chi connectivity index (χ0) is 11.0. The van der Waals surface area contributed by atoms with Crippen LogP contribution in [0.2, 0.25) is 0 Å². The van der Waals surface area contributed by atoms with Gasteiger partial charge in [-0.05, 0) is 38.5 Å². The molecular formula is C11H25NOS. The Kier molecular flexibility index (Phi) is 7.69. The number of thioether (sulfide) groups is 1. The van der Waals surface area contributed by atoms with Crippen LogP contribution in [0.25, 0.3) is 0 Å². The topological polar surface area (TPSA) is 32.3 Å². The van der Waals surface area contributed by atoms with E-state index in [9.17, 15) is 5.11 Å². The molecule has 1 atom stereocenters. The van der Waals surface area contributed by atoms with E-state index in [-0.39, 0.29) is 0 Å². The third-order valence-corrected chi connectivity index (χ3v) is 3.01. The van der Waals surface area contributed by atoms with Gasteiger partial charge in [-0.1, -0.05) is 13.8 Å². The van der Waals surface area contributed by atoms with Crippen LogP contribution in [0, 0.1) is 5.92 Å². The summed E-state index contributed by atoms with van der Waals surface area (Å²) in [7, 11) is 0. The van der Waals surface area contributed by atoms with E-state index >= 15 is 0 Å². The highest BCUT2D eigenvalue weighted by Gasteiger charge is 2.18. The fraction of sp³-hybridized carbons (Fsp3) is 1.00. The van der Waals surface area contributed by atoms with Crippen molar-refractivity contribution in [2.24, 2.45) is 5.92 Å². The highest BCUT2D eigenvalue weighted by molar-refractivity contribution is 7.98. The number of hydrogen-bond donors (Lipinski definition) is 2. The lowest BCUT2D eigenvalue weighted by Gasteiger charge is -2.22. The van der Waals surface area contributed by atoms with Gasteiger partial charge in [0.25, 0.3) is 0 Å². The summed E-state index contributed by atoms with van der Waals surface area (Å²) in [6.07, 6.45) is 4.48. The van der Waals surface area contributed by atoms with E-state index in [2.05, 4.69) is 19.2 Å². The van der Waals surface area contributed by atoms with Gasteiger partial charge >= 0.3 is 0 Å². The van der Waals surface area contributed by atoms with Crippen molar-refractivity contribution in [3.8, 4) is 0 Å². The summed E-state index contributed by atoms with van der Waals surface area (Å²) >= 11 is 1.69. The zero-order valence-electron chi connectivity index (χ0n) is 9.97. The molecule has 2 nitrogen and oxygen atoms in total. The molecule has 0 aromatic rings. The zero-order valence-corrected chi connectivity index (χ0v) is 10.8. The summed E-state index contributed by atoms with van der Waals surface area (Å²) < 4.78 is 0. The smallest absolute Gasteiger partial charge is 0.0833 e. The second-order valence-electron chi connectivity index (χ2n) is 4.64. The van der Waals surface area contributed by atoms with Gasteiger partial charge in [-0.3, -0.25) is 0 Å². The third-order valence-electron chi connectivity index (χ3n) is 2.10. The quantitative estimate of drug-likeness (QED) is 0.613. The van der Waals surface area contributed by atoms with Gasteiger partial charge in [0.1, 0.15) is 0 Å². The Morgan fingerprint density at radius 3 is 2.57 bits per heavy atom. The highest BCUT2D eigenvalue weighted by Crippen LogP contribution is 2.09. The number of hydrogen-bond acceptors (Lipinski definition) is 3. The number of rotatable bonds is 8. The molecule has 0 aromatic carbocycles. The molecule has 0 aliphatic heterocycles. The first-order valence-corrected chi connectivity index (χ1v) is 6.79. The Labute approximate surface area is 92.9 Å². The second-order valence-corrected chi connectivity index (χ2v) is 5.51. The van der Waals surface area contributed by atoms with Gasteiger partial charge in [-0.15, -0.1) is 0 Å². The van der Waals surface area contributed by atoms with Crippen molar-refractivity contribution >= 4 is 11.8 Å². The Bertz CT molecular complexity index is 137. The minimum atomic E-state index is -0.558. The van der Waals surface area contributed by atoms with Gasteiger partial charge in [-0.2, -0.15) is 11.8 Å². The van der Waals surface area contributed by atoms with Crippen LogP contribution in [-0.4, -0.2) is 35.8 Å². The highest BCUT2D eigenvalue weighted by atomic mass is 32.2. The Hall–Kier alpha value is 0.270. The van der Waals surface area contributed by atoms with Gasteiger partial charge in [0.15, 0.2) is 0 Å². The summed E-state index contributed by atoms with van der Waals surface area (Å²) in [6, 6.07) is 0. The number of aliphatic hydroxyl groups is 1. The monoisotopic (exact) mass is 219 g/mol. The second kappa shape index (κ2) is 7.55. The maximum absolute atomic E-state index is 9.84. The molecule has 2 N–H and O–H groups in total. The van der Waals surface area contributed by atoms with Gasteiger partial charge in [0.2, 0.25) is 0 Å². The van der Waals surface area contributed by atoms with E-state index in [4.69, 9.17) is 0 Å². The molecule has 0 fully saturated rings. The molecule has 0 rings (SSSR count). The summed E-state index contributed by atoms with van der Waals surface area (Å²) in [5, 5.41) is 13.1. The minimum absolute atomic E-state index is 0.558. The van der Waals surface area contributed by atoms with Crippen molar-refractivity contribution < 1.29 is 5.11 Å². The molecule has 3 heteroatoms. The average Bonchev–Trinajstić information content (AvgIpc) is 2.02. The molecule has 0 aliphatic rings. The van der Waals surface area contributed by atoms with Crippen molar-refractivity contribution in [1.82, 2.24) is 5.32 Å². The molecule has 0 amide bonds. The van der Waals surface area contributed by atoms with E-state index in [1.807, 2.05) is 13.2 Å². The fourth-order valence-electron chi connectivity index (χ4n) is 1.35. The van der Waals surface area contributed by atoms with Crippen molar-refractivity contribution in [2.75, 3.05) is 25.1 Å². The Balaban J connectivity index is 3.34. The van der Waals surface area contributed by atoms with Crippen molar-refractivity contribution in [3.63, 3.8) is 0 Å². The fourth-order valence-corrected chi connectivity index (χ4v) is 2.08. The van der Waals surface area contributed by atoms with Crippen LogP contribution in [0.5, 0.6) is 0 Å². The third kappa shape index (κ3) is 8.85. The molecule has 1 unspecified atom stereocenters. The normalized spacial score (nSPS) is 15.9. The average molecular weight is 219 g/mol. The van der Waals surface area contributed by atoms with Crippen molar-refractivity contribution in [1.29, 1.82) is 0 Å². The van der Waals surface area contributed by atoms with Gasteiger partial charge in [-0.25, -0.2) is 0 Å². The molecule has 0 spiro atoms. The first-order chi connectivity index (χ1) is 6.48. The van der Waals surface area contributed by atoms with Crippen molar-refractivity contribution in [3.05, 3.63) is 0 Å². The van der Waals surface area contributed by atoms with E-state index < -0.39 is 5.60 Å². The van der Waals surface area contributed by atoms with Gasteiger partial charge < -0.3 is 10.4 Å². The van der Waals surface area contributed by atoms with E-state index in [0.29, 0.717) is 6.54 Å². The predicted molar refractivity (Wildman–Crippen MR) is 65.9 cm³/mol. The first-order valence-electron chi connectivity index (χ1n) is 5.40. The predicted octanol–water partition coefficient (Wildman–Crippen LogP) is 2.13. The summed E-state index contributed by atoms with van der Waals surface area (Å²) in [5.74, 6) is 1.58. The van der Waals surface area contributed by atoms with Gasteiger partial charge in [0, 0.05) is 12.3 Å². The Morgan fingerprint density at radius 2 is 2.07 bits per heavy atom. The lowest BCUT2D eigenvalue weighted by molar-refractivity contribution is 0.0849. The summed E-state index contributed by atoms with van der Waals surface area (Å²) in [5.41, 5.74) is -0.558. The largest absolute Gasteiger partial charge is 0.388 e. The standard InChI is InChI=1S/C11H25NOS/c1-10(2)6-5-7-12-8-11(3,13)9-14-4/h10,12-13H,5-9H2,1-4H3. The van der Waals surface area contributed by atoms with Gasteiger partial charge in [0.05, 0.1) is 5.60 Å². The lowest BCUT2D eigenvalue weighted by Crippen LogP contribution is -2.40. The molecule has 0 radical (unpaired) electrons. The molecule has 0 bridgehead atoms. The lowest BCUT2D eigenvalue weighted by atomic mass is 10.1. The minimum Gasteiger partial charge on any atom is -0.388 e. The van der Waals surface area contributed by atoms with Crippen LogP contribution in [0.3, 0.4) is 0 Å². The van der Waals surface area contributed by atoms with Crippen LogP contribution in [0.1, 0.15) is 33.6 Å². The SMILES string of the molecule is CSCC(C)(O)CNCCCC(C)C. The molecule has 0 aromatic heterocycles. The first kappa shape index (κ1) is 14.3. The molecule has 86 valence electrons. The van der Waals surface area contributed by atoms with Crippen LogP contribution >= 0.6 is 11.8 Å². The summed E-state index contributed by atoms with van der Waals surface area (Å²) in [6.45, 7) is 8.08. The van der Waals surface area contributed by atoms with Crippen molar-refractivity contribution in [2.45, 2.75) is 39.2 Å². The molecule has 0 saturated heterocycles. The molecule has 14 heavy (non-hydrogen) atoms. The molecule has 0 heterocycles. The van der Waals surface area contributed by atoms with Crippen LogP contribution in [0.4, 0.5) is 0 Å². The summed E-state index contributed by atoms with van der Waals surface area (Å²) in [4.78, 5) is 0. The molecule has 0 saturated carbocycles. The van der Waals surface area contributed by atoms with Crippen LogP contribution < -0.4 is 5.32 Å². The molecular weight excluding hydrogens is 194 g/mol. The Morgan fingerprint density at radius 1 is 1.43 bits per heavy atom. The maximum atomic E-state index is 9.84. The number of nitrogens with one attached hydrogen (secondary N) is 1. The maximum Gasteiger partial charge on any atom is 0.0833 e.